The Balaban J connectivity index is 1.39. The Morgan fingerprint density at radius 1 is 1.09 bits per heavy atom. The van der Waals surface area contributed by atoms with Crippen LogP contribution in [0, 0.1) is 18.7 Å². The van der Waals surface area contributed by atoms with E-state index in [1.165, 1.54) is 18.2 Å². The highest BCUT2D eigenvalue weighted by atomic mass is 19.4. The number of carbonyl (C=O) groups excluding carboxylic acids is 2. The maximum atomic E-state index is 13.6. The molecule has 1 heterocycles. The minimum Gasteiger partial charge on any atom is -0.406 e. The largest absolute Gasteiger partial charge is 0.573 e. The van der Waals surface area contributed by atoms with E-state index >= 15 is 0 Å². The molecule has 2 amide bonds. The van der Waals surface area contributed by atoms with Crippen LogP contribution in [-0.2, 0) is 16.1 Å². The second kappa shape index (κ2) is 10.7. The molecule has 10 heteroatoms. The first-order chi connectivity index (χ1) is 15.6. The van der Waals surface area contributed by atoms with E-state index < -0.39 is 6.36 Å². The van der Waals surface area contributed by atoms with Gasteiger partial charge >= 0.3 is 6.36 Å². The Bertz CT molecular complexity index is 972. The zero-order chi connectivity index (χ0) is 24.0. The van der Waals surface area contributed by atoms with Gasteiger partial charge < -0.3 is 15.4 Å². The average molecular weight is 467 g/mol. The molecule has 1 saturated heterocycles. The summed E-state index contributed by atoms with van der Waals surface area (Å²) >= 11 is 0. The van der Waals surface area contributed by atoms with E-state index in [0.29, 0.717) is 42.7 Å². The van der Waals surface area contributed by atoms with Gasteiger partial charge in [0, 0.05) is 18.2 Å². The zero-order valence-electron chi connectivity index (χ0n) is 18.0. The number of amides is 2. The van der Waals surface area contributed by atoms with Crippen molar-refractivity contribution >= 4 is 17.5 Å². The first-order valence-corrected chi connectivity index (χ1v) is 10.5. The fourth-order valence-corrected chi connectivity index (χ4v) is 3.58. The number of aryl methyl sites for hydroxylation is 1. The van der Waals surface area contributed by atoms with Crippen LogP contribution in [0.2, 0.25) is 0 Å². The van der Waals surface area contributed by atoms with E-state index in [0.717, 1.165) is 12.1 Å². The van der Waals surface area contributed by atoms with Crippen LogP contribution < -0.4 is 15.4 Å². The number of halogens is 4. The highest BCUT2D eigenvalue weighted by Crippen LogP contribution is 2.24. The third-order valence-electron chi connectivity index (χ3n) is 5.40. The predicted molar refractivity (Wildman–Crippen MR) is 114 cm³/mol. The molecule has 3 rings (SSSR count). The summed E-state index contributed by atoms with van der Waals surface area (Å²) in [5.41, 5.74) is 1.60. The van der Waals surface area contributed by atoms with Gasteiger partial charge in [0.25, 0.3) is 0 Å². The molecule has 2 aromatic carbocycles. The number of piperidine rings is 1. The molecule has 0 unspecified atom stereocenters. The highest BCUT2D eigenvalue weighted by Gasteiger charge is 2.31. The van der Waals surface area contributed by atoms with E-state index in [-0.39, 0.29) is 42.4 Å². The van der Waals surface area contributed by atoms with Gasteiger partial charge in [0.1, 0.15) is 11.6 Å². The standard InChI is InChI=1S/C23H25F4N3O3/c1-15-2-3-16(12-20(15)24)13-28-22(32)17-8-10-30(11-9-17)14-21(31)29-18-4-6-19(7-5-18)33-23(25,26)27/h2-7,12,17H,8-11,13-14H2,1H3,(H,28,32)(H,29,31). The van der Waals surface area contributed by atoms with Crippen LogP contribution in [0.5, 0.6) is 5.75 Å². The van der Waals surface area contributed by atoms with Gasteiger partial charge in [0.15, 0.2) is 0 Å². The van der Waals surface area contributed by atoms with Gasteiger partial charge in [-0.3, -0.25) is 14.5 Å². The lowest BCUT2D eigenvalue weighted by atomic mass is 9.95. The number of anilines is 1. The smallest absolute Gasteiger partial charge is 0.406 e. The summed E-state index contributed by atoms with van der Waals surface area (Å²) in [6, 6.07) is 9.76. The first-order valence-electron chi connectivity index (χ1n) is 10.5. The number of alkyl halides is 3. The Labute approximate surface area is 188 Å². The number of ether oxygens (including phenoxy) is 1. The average Bonchev–Trinajstić information content (AvgIpc) is 2.75. The molecule has 2 N–H and O–H groups in total. The third-order valence-corrected chi connectivity index (χ3v) is 5.40. The topological polar surface area (TPSA) is 70.7 Å². The number of rotatable bonds is 7. The minimum atomic E-state index is -4.77. The van der Waals surface area contributed by atoms with E-state index in [2.05, 4.69) is 15.4 Å². The Morgan fingerprint density at radius 2 is 1.76 bits per heavy atom. The lowest BCUT2D eigenvalue weighted by Crippen LogP contribution is -2.43. The molecular formula is C23H25F4N3O3. The number of nitrogens with zero attached hydrogens (tertiary/aromatic N) is 1. The minimum absolute atomic E-state index is 0.0961. The monoisotopic (exact) mass is 467 g/mol. The van der Waals surface area contributed by atoms with Crippen LogP contribution in [0.1, 0.15) is 24.0 Å². The number of nitrogens with one attached hydrogen (secondary N) is 2. The van der Waals surface area contributed by atoms with Crippen molar-refractivity contribution in [3.8, 4) is 5.75 Å². The van der Waals surface area contributed by atoms with Gasteiger partial charge in [0.2, 0.25) is 11.8 Å². The van der Waals surface area contributed by atoms with E-state index in [4.69, 9.17) is 0 Å². The van der Waals surface area contributed by atoms with Gasteiger partial charge in [-0.15, -0.1) is 13.2 Å². The Kier molecular flexibility index (Phi) is 7.91. The first kappa shape index (κ1) is 24.5. The van der Waals surface area contributed by atoms with E-state index in [1.807, 2.05) is 4.90 Å². The third kappa shape index (κ3) is 7.74. The number of carbonyl (C=O) groups is 2. The molecule has 33 heavy (non-hydrogen) atoms. The summed E-state index contributed by atoms with van der Waals surface area (Å²) in [7, 11) is 0. The molecule has 0 aliphatic carbocycles. The van der Waals surface area contributed by atoms with Crippen molar-refractivity contribution in [1.82, 2.24) is 10.2 Å². The van der Waals surface area contributed by atoms with Crippen molar-refractivity contribution in [1.29, 1.82) is 0 Å². The lowest BCUT2D eigenvalue weighted by Gasteiger charge is -2.30. The van der Waals surface area contributed by atoms with Crippen LogP contribution in [0.15, 0.2) is 42.5 Å². The summed E-state index contributed by atoms with van der Waals surface area (Å²) in [5.74, 6) is -1.25. The van der Waals surface area contributed by atoms with Crippen LogP contribution in [0.4, 0.5) is 23.2 Å². The van der Waals surface area contributed by atoms with Crippen LogP contribution in [0.25, 0.3) is 0 Å². The second-order valence-corrected chi connectivity index (χ2v) is 7.97. The highest BCUT2D eigenvalue weighted by molar-refractivity contribution is 5.92. The molecule has 0 spiro atoms. The van der Waals surface area contributed by atoms with Crippen molar-refractivity contribution in [2.45, 2.75) is 32.7 Å². The van der Waals surface area contributed by atoms with Crippen molar-refractivity contribution < 1.29 is 31.9 Å². The maximum absolute atomic E-state index is 13.6. The molecular weight excluding hydrogens is 442 g/mol. The molecule has 1 aliphatic heterocycles. The zero-order valence-corrected chi connectivity index (χ0v) is 18.0. The summed E-state index contributed by atoms with van der Waals surface area (Å²) < 4.78 is 54.0. The normalized spacial score (nSPS) is 15.2. The summed E-state index contributed by atoms with van der Waals surface area (Å²) in [5, 5.41) is 5.47. The van der Waals surface area contributed by atoms with Gasteiger partial charge in [0.05, 0.1) is 6.54 Å². The summed E-state index contributed by atoms with van der Waals surface area (Å²) in [6.07, 6.45) is -3.60. The molecule has 1 aliphatic rings. The van der Waals surface area contributed by atoms with E-state index in [1.54, 1.807) is 19.1 Å². The summed E-state index contributed by atoms with van der Waals surface area (Å²) in [6.45, 7) is 3.16. The molecule has 6 nitrogen and oxygen atoms in total. The van der Waals surface area contributed by atoms with Crippen molar-refractivity contribution in [3.05, 3.63) is 59.4 Å². The SMILES string of the molecule is Cc1ccc(CNC(=O)C2CCN(CC(=O)Nc3ccc(OC(F)(F)F)cc3)CC2)cc1F. The van der Waals surface area contributed by atoms with Gasteiger partial charge in [-0.1, -0.05) is 12.1 Å². The molecule has 0 atom stereocenters. The second-order valence-electron chi connectivity index (χ2n) is 7.97. The van der Waals surface area contributed by atoms with Gasteiger partial charge in [-0.2, -0.15) is 0 Å². The molecule has 0 bridgehead atoms. The fourth-order valence-electron chi connectivity index (χ4n) is 3.58. The van der Waals surface area contributed by atoms with Crippen LogP contribution >= 0.6 is 0 Å². The predicted octanol–water partition coefficient (Wildman–Crippen LogP) is 4.00. The maximum Gasteiger partial charge on any atom is 0.573 e. The molecule has 2 aromatic rings. The molecule has 0 radical (unpaired) electrons. The van der Waals surface area contributed by atoms with Gasteiger partial charge in [-0.05, 0) is 74.3 Å². The summed E-state index contributed by atoms with van der Waals surface area (Å²) in [4.78, 5) is 26.6. The lowest BCUT2D eigenvalue weighted by molar-refractivity contribution is -0.274. The molecule has 0 saturated carbocycles. The number of likely N-dealkylation sites (tertiary alicyclic amines) is 1. The quantitative estimate of drug-likeness (QED) is 0.604. The van der Waals surface area contributed by atoms with Crippen molar-refractivity contribution in [3.63, 3.8) is 0 Å². The van der Waals surface area contributed by atoms with Crippen LogP contribution in [0.3, 0.4) is 0 Å². The number of hydrogen-bond donors (Lipinski definition) is 2. The molecule has 0 aromatic heterocycles. The Morgan fingerprint density at radius 3 is 2.36 bits per heavy atom. The fraction of sp³-hybridized carbons (Fsp3) is 0.391. The van der Waals surface area contributed by atoms with E-state index in [9.17, 15) is 27.2 Å². The van der Waals surface area contributed by atoms with Crippen LogP contribution in [-0.4, -0.2) is 42.7 Å². The Hall–Kier alpha value is -3.14. The van der Waals surface area contributed by atoms with Gasteiger partial charge in [-0.25, -0.2) is 4.39 Å². The number of hydrogen-bond acceptors (Lipinski definition) is 4. The van der Waals surface area contributed by atoms with Crippen molar-refractivity contribution in [2.75, 3.05) is 25.0 Å². The number of benzene rings is 2. The molecule has 178 valence electrons. The van der Waals surface area contributed by atoms with Crippen molar-refractivity contribution in [2.24, 2.45) is 5.92 Å². The molecule has 1 fully saturated rings.